The van der Waals surface area contributed by atoms with Crippen molar-refractivity contribution in [3.05, 3.63) is 58.6 Å². The van der Waals surface area contributed by atoms with Gasteiger partial charge in [0.15, 0.2) is 0 Å². The number of ether oxygens (including phenoxy) is 1. The van der Waals surface area contributed by atoms with E-state index >= 15 is 0 Å². The van der Waals surface area contributed by atoms with Gasteiger partial charge in [0.1, 0.15) is 5.15 Å². The topological polar surface area (TPSA) is 47.0 Å². The lowest BCUT2D eigenvalue weighted by Crippen LogP contribution is -2.47. The van der Waals surface area contributed by atoms with Crippen molar-refractivity contribution in [1.82, 2.24) is 15.3 Å². The molecule has 0 bridgehead atoms. The van der Waals surface area contributed by atoms with Crippen molar-refractivity contribution in [2.24, 2.45) is 0 Å². The number of aryl methyl sites for hydroxylation is 1. The molecule has 4 rings (SSSR count). The van der Waals surface area contributed by atoms with Crippen LogP contribution < -0.4 is 5.32 Å². The van der Waals surface area contributed by atoms with E-state index in [4.69, 9.17) is 21.3 Å². The third-order valence-electron chi connectivity index (χ3n) is 6.55. The first-order valence-electron chi connectivity index (χ1n) is 10.5. The average molecular weight is 400 g/mol. The van der Waals surface area contributed by atoms with Gasteiger partial charge in [-0.3, -0.25) is 4.98 Å². The first-order valence-corrected chi connectivity index (χ1v) is 10.9. The van der Waals surface area contributed by atoms with Crippen molar-refractivity contribution >= 4 is 11.6 Å². The van der Waals surface area contributed by atoms with Crippen molar-refractivity contribution in [3.63, 3.8) is 0 Å². The molecule has 150 valence electrons. The summed E-state index contributed by atoms with van der Waals surface area (Å²) < 4.78 is 6.33. The minimum Gasteiger partial charge on any atom is -0.375 e. The Bertz CT molecular complexity index is 792. The van der Waals surface area contributed by atoms with Crippen LogP contribution in [-0.4, -0.2) is 28.7 Å². The minimum atomic E-state index is 0.0764. The van der Waals surface area contributed by atoms with E-state index in [0.717, 1.165) is 44.5 Å². The molecule has 28 heavy (non-hydrogen) atoms. The highest BCUT2D eigenvalue weighted by Crippen LogP contribution is 2.49. The van der Waals surface area contributed by atoms with E-state index in [-0.39, 0.29) is 11.0 Å². The molecule has 3 heterocycles. The van der Waals surface area contributed by atoms with Gasteiger partial charge in [0.05, 0.1) is 5.60 Å². The summed E-state index contributed by atoms with van der Waals surface area (Å²) >= 11 is 6.04. The van der Waals surface area contributed by atoms with E-state index in [0.29, 0.717) is 5.15 Å². The zero-order valence-electron chi connectivity index (χ0n) is 16.7. The second-order valence-electron chi connectivity index (χ2n) is 8.54. The number of aromatic nitrogens is 2. The quantitative estimate of drug-likeness (QED) is 0.549. The van der Waals surface area contributed by atoms with Crippen LogP contribution >= 0.6 is 11.6 Å². The van der Waals surface area contributed by atoms with E-state index < -0.39 is 0 Å². The minimum absolute atomic E-state index is 0.0764. The second kappa shape index (κ2) is 8.48. The Balaban J connectivity index is 1.45. The molecule has 1 aliphatic heterocycles. The zero-order chi connectivity index (χ0) is 19.5. The van der Waals surface area contributed by atoms with Gasteiger partial charge in [-0.05, 0) is 68.8 Å². The summed E-state index contributed by atoms with van der Waals surface area (Å²) in [6.45, 7) is 4.61. The molecule has 4 nitrogen and oxygen atoms in total. The van der Waals surface area contributed by atoms with E-state index in [1.165, 1.54) is 36.9 Å². The fourth-order valence-electron chi connectivity index (χ4n) is 5.07. The van der Waals surface area contributed by atoms with Gasteiger partial charge in [0, 0.05) is 36.7 Å². The summed E-state index contributed by atoms with van der Waals surface area (Å²) in [6, 6.07) is 8.45. The third-order valence-corrected chi connectivity index (χ3v) is 6.95. The number of nitrogens with zero attached hydrogens (tertiary/aromatic N) is 2. The Hall–Kier alpha value is -1.49. The molecule has 1 saturated carbocycles. The molecule has 1 saturated heterocycles. The Morgan fingerprint density at radius 3 is 2.79 bits per heavy atom. The number of pyridine rings is 2. The molecule has 1 N–H and O–H groups in total. The van der Waals surface area contributed by atoms with Crippen LogP contribution in [0.4, 0.5) is 0 Å². The SMILES string of the molecule is Cc1cc(CNCC[C@]2(c3ccccn3)CCOC3(CCCC3)C2)cnc1Cl. The highest BCUT2D eigenvalue weighted by Gasteiger charge is 2.48. The van der Waals surface area contributed by atoms with Crippen molar-refractivity contribution < 1.29 is 4.74 Å². The van der Waals surface area contributed by atoms with Crippen molar-refractivity contribution in [2.45, 2.75) is 69.4 Å². The normalized spacial score (nSPS) is 23.9. The smallest absolute Gasteiger partial charge is 0.131 e. The lowest BCUT2D eigenvalue weighted by Gasteiger charge is -2.46. The molecule has 1 aliphatic carbocycles. The summed E-state index contributed by atoms with van der Waals surface area (Å²) in [5.41, 5.74) is 3.61. The van der Waals surface area contributed by atoms with Gasteiger partial charge in [-0.1, -0.05) is 36.6 Å². The Kier molecular flexibility index (Phi) is 6.00. The molecule has 0 aromatic carbocycles. The van der Waals surface area contributed by atoms with Gasteiger partial charge in [-0.25, -0.2) is 4.98 Å². The Morgan fingerprint density at radius 1 is 1.18 bits per heavy atom. The predicted molar refractivity (Wildman–Crippen MR) is 113 cm³/mol. The van der Waals surface area contributed by atoms with Crippen LogP contribution in [0, 0.1) is 6.92 Å². The fraction of sp³-hybridized carbons (Fsp3) is 0.565. The van der Waals surface area contributed by atoms with Gasteiger partial charge >= 0.3 is 0 Å². The molecule has 2 aromatic rings. The summed E-state index contributed by atoms with van der Waals surface area (Å²) in [7, 11) is 0. The maximum absolute atomic E-state index is 6.33. The molecule has 0 unspecified atom stereocenters. The average Bonchev–Trinajstić information content (AvgIpc) is 3.16. The Morgan fingerprint density at radius 2 is 2.04 bits per heavy atom. The summed E-state index contributed by atoms with van der Waals surface area (Å²) in [4.78, 5) is 9.03. The lowest BCUT2D eigenvalue weighted by atomic mass is 9.68. The second-order valence-corrected chi connectivity index (χ2v) is 8.90. The van der Waals surface area contributed by atoms with E-state index in [1.54, 1.807) is 0 Å². The number of hydrogen-bond acceptors (Lipinski definition) is 4. The van der Waals surface area contributed by atoms with Crippen molar-refractivity contribution in [3.8, 4) is 0 Å². The molecule has 2 fully saturated rings. The standard InChI is InChI=1S/C23H30ClN3O/c1-18-14-19(16-27-21(18)24)15-25-12-9-22(20-6-2-5-11-26-20)10-13-28-23(17-22)7-3-4-8-23/h2,5-6,11,14,16,25H,3-4,7-10,12-13,15,17H2,1H3/t22-/m0/s1. The highest BCUT2D eigenvalue weighted by atomic mass is 35.5. The van der Waals surface area contributed by atoms with Crippen LogP contribution in [0.1, 0.15) is 61.8 Å². The largest absolute Gasteiger partial charge is 0.375 e. The van der Waals surface area contributed by atoms with Crippen LogP contribution in [0.2, 0.25) is 5.15 Å². The van der Waals surface area contributed by atoms with Crippen LogP contribution in [0.25, 0.3) is 0 Å². The van der Waals surface area contributed by atoms with Crippen LogP contribution in [-0.2, 0) is 16.7 Å². The van der Waals surface area contributed by atoms with E-state index in [1.807, 2.05) is 25.4 Å². The van der Waals surface area contributed by atoms with E-state index in [2.05, 4.69) is 28.5 Å². The molecule has 5 heteroatoms. The zero-order valence-corrected chi connectivity index (χ0v) is 17.5. The molecule has 2 aromatic heterocycles. The third kappa shape index (κ3) is 4.24. The van der Waals surface area contributed by atoms with Gasteiger partial charge in [0.2, 0.25) is 0 Å². The van der Waals surface area contributed by atoms with Crippen LogP contribution in [0.3, 0.4) is 0 Å². The first-order chi connectivity index (χ1) is 13.6. The molecular weight excluding hydrogens is 370 g/mol. The molecule has 1 spiro atoms. The number of hydrogen-bond donors (Lipinski definition) is 1. The van der Waals surface area contributed by atoms with Gasteiger partial charge < -0.3 is 10.1 Å². The van der Waals surface area contributed by atoms with Crippen LogP contribution in [0.15, 0.2) is 36.7 Å². The number of rotatable bonds is 6. The summed E-state index contributed by atoms with van der Waals surface area (Å²) in [5.74, 6) is 0. The monoisotopic (exact) mass is 399 g/mol. The molecule has 0 amide bonds. The highest BCUT2D eigenvalue weighted by molar-refractivity contribution is 6.30. The lowest BCUT2D eigenvalue weighted by molar-refractivity contribution is -0.104. The molecule has 1 atom stereocenters. The Labute approximate surface area is 173 Å². The maximum atomic E-state index is 6.33. The van der Waals surface area contributed by atoms with Gasteiger partial charge in [0.25, 0.3) is 0 Å². The van der Waals surface area contributed by atoms with Gasteiger partial charge in [-0.15, -0.1) is 0 Å². The van der Waals surface area contributed by atoms with Crippen LogP contribution in [0.5, 0.6) is 0 Å². The van der Waals surface area contributed by atoms with Crippen molar-refractivity contribution in [2.75, 3.05) is 13.2 Å². The summed E-state index contributed by atoms with van der Waals surface area (Å²) in [6.07, 6.45) is 12.0. The molecular formula is C23H30ClN3O. The number of nitrogens with one attached hydrogen (secondary N) is 1. The van der Waals surface area contributed by atoms with Crippen molar-refractivity contribution in [1.29, 1.82) is 0 Å². The fourth-order valence-corrected chi connectivity index (χ4v) is 5.17. The van der Waals surface area contributed by atoms with Gasteiger partial charge in [-0.2, -0.15) is 0 Å². The summed E-state index contributed by atoms with van der Waals surface area (Å²) in [5, 5.41) is 4.20. The maximum Gasteiger partial charge on any atom is 0.131 e. The predicted octanol–water partition coefficient (Wildman–Crippen LogP) is 4.98. The molecule has 2 aliphatic rings. The number of halogens is 1. The van der Waals surface area contributed by atoms with E-state index in [9.17, 15) is 0 Å². The molecule has 0 radical (unpaired) electrons. The first kappa shape index (κ1) is 19.8.